The Morgan fingerprint density at radius 2 is 2.00 bits per heavy atom. The predicted octanol–water partition coefficient (Wildman–Crippen LogP) is 2.44. The summed E-state index contributed by atoms with van der Waals surface area (Å²) in [5, 5.41) is 3.29. The smallest absolute Gasteiger partial charge is 0.261 e. The molecule has 0 saturated carbocycles. The van der Waals surface area contributed by atoms with Gasteiger partial charge in [-0.05, 0) is 37.1 Å². The van der Waals surface area contributed by atoms with Gasteiger partial charge >= 0.3 is 0 Å². The molecule has 0 aliphatic carbocycles. The number of aromatic nitrogens is 3. The summed E-state index contributed by atoms with van der Waals surface area (Å²) in [6.07, 6.45) is 3.36. The summed E-state index contributed by atoms with van der Waals surface area (Å²) in [5.41, 5.74) is 2.55. The molecule has 2 heterocycles. The highest BCUT2D eigenvalue weighted by Gasteiger charge is 2.08. The number of aryl methyl sites for hydroxylation is 3. The fourth-order valence-corrected chi connectivity index (χ4v) is 2.47. The Morgan fingerprint density at radius 3 is 2.75 bits per heavy atom. The standard InChI is InChI=1S/C18H18N4O2/c1-12-6-7-15(19-10-12)21-16(23)8-9-22-11-20-17-13(2)4-3-5-14(17)18(22)24/h3-7,10-11H,8-9H2,1-2H3,(H,19,21,23). The number of carbonyl (C=O) groups is 1. The summed E-state index contributed by atoms with van der Waals surface area (Å²) in [6.45, 7) is 4.12. The molecule has 0 unspecified atom stereocenters. The van der Waals surface area contributed by atoms with Crippen LogP contribution in [0.2, 0.25) is 0 Å². The first-order valence-corrected chi connectivity index (χ1v) is 7.72. The van der Waals surface area contributed by atoms with E-state index in [9.17, 15) is 9.59 Å². The average Bonchev–Trinajstić information content (AvgIpc) is 2.57. The Labute approximate surface area is 139 Å². The molecule has 3 rings (SSSR count). The maximum Gasteiger partial charge on any atom is 0.261 e. The third-order valence-electron chi connectivity index (χ3n) is 3.81. The molecule has 0 fully saturated rings. The Kier molecular flexibility index (Phi) is 4.37. The molecule has 6 nitrogen and oxygen atoms in total. The molecule has 1 amide bonds. The molecule has 6 heteroatoms. The second kappa shape index (κ2) is 6.62. The van der Waals surface area contributed by atoms with Gasteiger partial charge in [0.15, 0.2) is 0 Å². The van der Waals surface area contributed by atoms with Gasteiger partial charge in [-0.15, -0.1) is 0 Å². The second-order valence-corrected chi connectivity index (χ2v) is 5.73. The van der Waals surface area contributed by atoms with Crippen molar-refractivity contribution in [1.82, 2.24) is 14.5 Å². The van der Waals surface area contributed by atoms with Gasteiger partial charge in [0.05, 0.1) is 17.2 Å². The van der Waals surface area contributed by atoms with Crippen molar-refractivity contribution in [2.75, 3.05) is 5.32 Å². The van der Waals surface area contributed by atoms with E-state index in [4.69, 9.17) is 0 Å². The molecule has 0 aliphatic rings. The summed E-state index contributed by atoms with van der Waals surface area (Å²) in [7, 11) is 0. The van der Waals surface area contributed by atoms with Crippen molar-refractivity contribution >= 4 is 22.6 Å². The molecule has 24 heavy (non-hydrogen) atoms. The van der Waals surface area contributed by atoms with Crippen molar-refractivity contribution in [3.8, 4) is 0 Å². The molecule has 2 aromatic heterocycles. The number of pyridine rings is 1. The van der Waals surface area contributed by atoms with Gasteiger partial charge in [0.1, 0.15) is 5.82 Å². The minimum atomic E-state index is -0.192. The van der Waals surface area contributed by atoms with E-state index >= 15 is 0 Å². The van der Waals surface area contributed by atoms with E-state index in [0.717, 1.165) is 11.1 Å². The molecule has 0 saturated heterocycles. The molecule has 1 N–H and O–H groups in total. The SMILES string of the molecule is Cc1ccc(NC(=O)CCn2cnc3c(C)cccc3c2=O)nc1. The number of carbonyl (C=O) groups excluding carboxylic acids is 1. The van der Waals surface area contributed by atoms with E-state index in [0.29, 0.717) is 16.7 Å². The fourth-order valence-electron chi connectivity index (χ4n) is 2.47. The van der Waals surface area contributed by atoms with Crippen molar-refractivity contribution in [3.63, 3.8) is 0 Å². The van der Waals surface area contributed by atoms with Crippen molar-refractivity contribution in [3.05, 3.63) is 64.3 Å². The number of hydrogen-bond acceptors (Lipinski definition) is 4. The number of fused-ring (bicyclic) bond motifs is 1. The number of nitrogens with zero attached hydrogens (tertiary/aromatic N) is 3. The zero-order valence-corrected chi connectivity index (χ0v) is 13.6. The van der Waals surface area contributed by atoms with Crippen LogP contribution in [0.5, 0.6) is 0 Å². The lowest BCUT2D eigenvalue weighted by molar-refractivity contribution is -0.116. The number of amides is 1. The highest BCUT2D eigenvalue weighted by atomic mass is 16.2. The second-order valence-electron chi connectivity index (χ2n) is 5.73. The largest absolute Gasteiger partial charge is 0.311 e. The molecule has 0 aliphatic heterocycles. The lowest BCUT2D eigenvalue weighted by Gasteiger charge is -2.08. The normalized spacial score (nSPS) is 10.8. The molecule has 1 aromatic carbocycles. The number of benzene rings is 1. The first-order valence-electron chi connectivity index (χ1n) is 7.72. The quantitative estimate of drug-likeness (QED) is 0.800. The van der Waals surface area contributed by atoms with Crippen LogP contribution in [0, 0.1) is 13.8 Å². The third-order valence-corrected chi connectivity index (χ3v) is 3.81. The van der Waals surface area contributed by atoms with Crippen LogP contribution in [0.3, 0.4) is 0 Å². The average molecular weight is 322 g/mol. The minimum Gasteiger partial charge on any atom is -0.311 e. The first-order chi connectivity index (χ1) is 11.5. The van der Waals surface area contributed by atoms with Gasteiger partial charge in [0.25, 0.3) is 5.56 Å². The van der Waals surface area contributed by atoms with E-state index in [1.807, 2.05) is 32.0 Å². The number of rotatable bonds is 4. The lowest BCUT2D eigenvalue weighted by atomic mass is 10.1. The Balaban J connectivity index is 1.71. The summed E-state index contributed by atoms with van der Waals surface area (Å²) in [5.74, 6) is 0.313. The van der Waals surface area contributed by atoms with E-state index < -0.39 is 0 Å². The van der Waals surface area contributed by atoms with Crippen LogP contribution < -0.4 is 10.9 Å². The summed E-state index contributed by atoms with van der Waals surface area (Å²) >= 11 is 0. The van der Waals surface area contributed by atoms with Crippen LogP contribution in [0.15, 0.2) is 47.7 Å². The van der Waals surface area contributed by atoms with Gasteiger partial charge in [-0.25, -0.2) is 9.97 Å². The van der Waals surface area contributed by atoms with Crippen molar-refractivity contribution in [2.24, 2.45) is 0 Å². The molecular formula is C18H18N4O2. The molecule has 0 spiro atoms. The topological polar surface area (TPSA) is 76.9 Å². The van der Waals surface area contributed by atoms with Crippen molar-refractivity contribution < 1.29 is 4.79 Å². The summed E-state index contributed by atoms with van der Waals surface area (Å²) < 4.78 is 1.46. The van der Waals surface area contributed by atoms with Crippen LogP contribution in [-0.4, -0.2) is 20.4 Å². The zero-order chi connectivity index (χ0) is 17.1. The van der Waals surface area contributed by atoms with Gasteiger partial charge in [0.2, 0.25) is 5.91 Å². The molecule has 0 radical (unpaired) electrons. The first kappa shape index (κ1) is 15.9. The number of para-hydroxylation sites is 1. The van der Waals surface area contributed by atoms with Gasteiger partial charge < -0.3 is 5.32 Å². The Hall–Kier alpha value is -3.02. The van der Waals surface area contributed by atoms with Gasteiger partial charge in [-0.3, -0.25) is 14.2 Å². The van der Waals surface area contributed by atoms with Gasteiger partial charge in [-0.2, -0.15) is 0 Å². The van der Waals surface area contributed by atoms with Crippen molar-refractivity contribution in [1.29, 1.82) is 0 Å². The number of nitrogens with one attached hydrogen (secondary N) is 1. The van der Waals surface area contributed by atoms with Crippen LogP contribution >= 0.6 is 0 Å². The van der Waals surface area contributed by atoms with E-state index in [2.05, 4.69) is 15.3 Å². The molecular weight excluding hydrogens is 304 g/mol. The van der Waals surface area contributed by atoms with Crippen molar-refractivity contribution in [2.45, 2.75) is 26.8 Å². The predicted molar refractivity (Wildman–Crippen MR) is 93.0 cm³/mol. The van der Waals surface area contributed by atoms with Gasteiger partial charge in [0, 0.05) is 19.2 Å². The molecule has 122 valence electrons. The van der Waals surface area contributed by atoms with Crippen LogP contribution in [-0.2, 0) is 11.3 Å². The maximum atomic E-state index is 12.5. The monoisotopic (exact) mass is 322 g/mol. The van der Waals surface area contributed by atoms with Gasteiger partial charge in [-0.1, -0.05) is 18.2 Å². The van der Waals surface area contributed by atoms with Crippen LogP contribution in [0.1, 0.15) is 17.5 Å². The zero-order valence-electron chi connectivity index (χ0n) is 13.6. The van der Waals surface area contributed by atoms with E-state index in [1.165, 1.54) is 10.9 Å². The molecule has 0 atom stereocenters. The molecule has 3 aromatic rings. The van der Waals surface area contributed by atoms with Crippen LogP contribution in [0.4, 0.5) is 5.82 Å². The Bertz CT molecular complexity index is 945. The maximum absolute atomic E-state index is 12.5. The highest BCUT2D eigenvalue weighted by Crippen LogP contribution is 2.11. The lowest BCUT2D eigenvalue weighted by Crippen LogP contribution is -2.24. The van der Waals surface area contributed by atoms with E-state index in [-0.39, 0.29) is 24.4 Å². The molecule has 0 bridgehead atoms. The van der Waals surface area contributed by atoms with Crippen LogP contribution in [0.25, 0.3) is 10.9 Å². The summed E-state index contributed by atoms with van der Waals surface area (Å²) in [6, 6.07) is 9.13. The Morgan fingerprint density at radius 1 is 1.17 bits per heavy atom. The summed E-state index contributed by atoms with van der Waals surface area (Å²) in [4.78, 5) is 32.9. The number of anilines is 1. The highest BCUT2D eigenvalue weighted by molar-refractivity contribution is 5.89. The fraction of sp³-hybridized carbons (Fsp3) is 0.222. The van der Waals surface area contributed by atoms with E-state index in [1.54, 1.807) is 18.3 Å². The number of hydrogen-bond donors (Lipinski definition) is 1. The third kappa shape index (κ3) is 3.32. The minimum absolute atomic E-state index is 0.134.